The Bertz CT molecular complexity index is 500. The molecule has 1 unspecified atom stereocenters. The molecule has 0 saturated carbocycles. The van der Waals surface area contributed by atoms with Crippen molar-refractivity contribution in [1.29, 1.82) is 0 Å². The molecule has 0 aromatic heterocycles. The number of anilines is 1. The summed E-state index contributed by atoms with van der Waals surface area (Å²) in [5, 5.41) is 9.03. The summed E-state index contributed by atoms with van der Waals surface area (Å²) in [7, 11) is 1.38. The van der Waals surface area contributed by atoms with Crippen LogP contribution in [0.4, 0.5) is 10.5 Å². The third-order valence-electron chi connectivity index (χ3n) is 3.72. The summed E-state index contributed by atoms with van der Waals surface area (Å²) in [6, 6.07) is 9.34. The van der Waals surface area contributed by atoms with E-state index in [-0.39, 0.29) is 11.9 Å². The second-order valence-corrected chi connectivity index (χ2v) is 5.02. The maximum absolute atomic E-state index is 12.4. The van der Waals surface area contributed by atoms with Crippen LogP contribution in [0.1, 0.15) is 6.92 Å². The van der Waals surface area contributed by atoms with Crippen molar-refractivity contribution in [2.75, 3.05) is 31.6 Å². The van der Waals surface area contributed by atoms with Crippen LogP contribution in [0, 0.1) is 5.92 Å². The number of carbonyl (C=O) groups excluding carboxylic acids is 1. The zero-order valence-corrected chi connectivity index (χ0v) is 12.2. The summed E-state index contributed by atoms with van der Waals surface area (Å²) >= 11 is 0. The summed E-state index contributed by atoms with van der Waals surface area (Å²) in [5.41, 5.74) is 0.843. The van der Waals surface area contributed by atoms with E-state index in [1.54, 1.807) is 9.80 Å². The smallest absolute Gasteiger partial charge is 0.333 e. The van der Waals surface area contributed by atoms with Gasteiger partial charge in [-0.3, -0.25) is 4.90 Å². The van der Waals surface area contributed by atoms with Gasteiger partial charge in [0.2, 0.25) is 0 Å². The van der Waals surface area contributed by atoms with Gasteiger partial charge in [-0.25, -0.2) is 9.59 Å². The topological polar surface area (TPSA) is 70.1 Å². The Morgan fingerprint density at radius 3 is 2.48 bits per heavy atom. The number of likely N-dealkylation sites (tertiary alicyclic amines) is 1. The Hall–Kier alpha value is -2.08. The van der Waals surface area contributed by atoms with Crippen molar-refractivity contribution >= 4 is 17.7 Å². The molecule has 1 aromatic carbocycles. The van der Waals surface area contributed by atoms with Gasteiger partial charge in [-0.15, -0.1) is 0 Å². The molecule has 1 atom stereocenters. The van der Waals surface area contributed by atoms with Crippen molar-refractivity contribution in [1.82, 2.24) is 4.90 Å². The fourth-order valence-corrected chi connectivity index (χ4v) is 2.56. The molecule has 1 aliphatic heterocycles. The van der Waals surface area contributed by atoms with Gasteiger partial charge in [0.05, 0.1) is 0 Å². The summed E-state index contributed by atoms with van der Waals surface area (Å²) in [6.45, 7) is 3.30. The molecule has 0 radical (unpaired) electrons. The molecule has 6 nitrogen and oxygen atoms in total. The maximum Gasteiger partial charge on any atom is 0.333 e. The number of carboxylic acids is 1. The fraction of sp³-hybridized carbons (Fsp3) is 0.467. The highest BCUT2D eigenvalue weighted by Gasteiger charge is 2.41. The molecule has 1 heterocycles. The van der Waals surface area contributed by atoms with Crippen molar-refractivity contribution in [2.45, 2.75) is 13.0 Å². The molecule has 0 spiro atoms. The van der Waals surface area contributed by atoms with Crippen LogP contribution in [0.5, 0.6) is 0 Å². The number of aliphatic carboxylic acids is 1. The van der Waals surface area contributed by atoms with Gasteiger partial charge in [0.1, 0.15) is 0 Å². The van der Waals surface area contributed by atoms with Gasteiger partial charge < -0.3 is 14.7 Å². The van der Waals surface area contributed by atoms with Crippen molar-refractivity contribution in [2.24, 2.45) is 5.92 Å². The van der Waals surface area contributed by atoms with Crippen LogP contribution in [0.2, 0.25) is 0 Å². The fourth-order valence-electron chi connectivity index (χ4n) is 2.56. The highest BCUT2D eigenvalue weighted by molar-refractivity contribution is 5.92. The first-order valence-corrected chi connectivity index (χ1v) is 6.95. The zero-order chi connectivity index (χ0) is 15.4. The number of benzene rings is 1. The molecular weight excluding hydrogens is 272 g/mol. The van der Waals surface area contributed by atoms with Crippen LogP contribution in [0.25, 0.3) is 0 Å². The number of carboxylic acid groups (broad SMARTS) is 1. The summed E-state index contributed by atoms with van der Waals surface area (Å²) in [5.74, 6) is -1.13. The van der Waals surface area contributed by atoms with Crippen LogP contribution in [-0.4, -0.2) is 54.9 Å². The number of para-hydroxylation sites is 1. The monoisotopic (exact) mass is 292 g/mol. The Balaban J connectivity index is 1.98. The average Bonchev–Trinajstić information content (AvgIpc) is 2.43. The molecule has 0 bridgehead atoms. The lowest BCUT2D eigenvalue weighted by Crippen LogP contribution is -2.59. The predicted molar refractivity (Wildman–Crippen MR) is 78.4 cm³/mol. The Morgan fingerprint density at radius 2 is 2.00 bits per heavy atom. The van der Waals surface area contributed by atoms with Crippen LogP contribution in [0.3, 0.4) is 0 Å². The number of methoxy groups -OCH3 is 1. The molecule has 1 fully saturated rings. The number of hydrogen-bond acceptors (Lipinski definition) is 3. The lowest BCUT2D eigenvalue weighted by molar-refractivity contribution is -0.155. The molecule has 1 aliphatic rings. The predicted octanol–water partition coefficient (Wildman–Crippen LogP) is 1.66. The van der Waals surface area contributed by atoms with Gasteiger partial charge in [0.15, 0.2) is 6.10 Å². The van der Waals surface area contributed by atoms with E-state index in [9.17, 15) is 9.59 Å². The van der Waals surface area contributed by atoms with Crippen LogP contribution >= 0.6 is 0 Å². The molecule has 6 heteroatoms. The lowest BCUT2D eigenvalue weighted by atomic mass is 9.94. The summed E-state index contributed by atoms with van der Waals surface area (Å²) in [6.07, 6.45) is -0.846. The highest BCUT2D eigenvalue weighted by Crippen LogP contribution is 2.24. The molecule has 2 rings (SSSR count). The zero-order valence-electron chi connectivity index (χ0n) is 12.2. The van der Waals surface area contributed by atoms with E-state index in [2.05, 4.69) is 0 Å². The average molecular weight is 292 g/mol. The van der Waals surface area contributed by atoms with Crippen molar-refractivity contribution in [3.8, 4) is 0 Å². The Morgan fingerprint density at radius 1 is 1.38 bits per heavy atom. The first kappa shape index (κ1) is 15.3. The molecular formula is C15H20N2O4. The van der Waals surface area contributed by atoms with E-state index in [1.165, 1.54) is 7.11 Å². The molecule has 21 heavy (non-hydrogen) atoms. The van der Waals surface area contributed by atoms with Gasteiger partial charge >= 0.3 is 12.0 Å². The first-order chi connectivity index (χ1) is 10.1. The summed E-state index contributed by atoms with van der Waals surface area (Å²) < 4.78 is 4.96. The van der Waals surface area contributed by atoms with Crippen molar-refractivity contribution < 1.29 is 19.4 Å². The minimum Gasteiger partial charge on any atom is -0.479 e. The molecule has 2 amide bonds. The van der Waals surface area contributed by atoms with Crippen LogP contribution in [-0.2, 0) is 9.53 Å². The van der Waals surface area contributed by atoms with Gasteiger partial charge in [-0.2, -0.15) is 0 Å². The largest absolute Gasteiger partial charge is 0.479 e. The number of nitrogens with zero attached hydrogens (tertiary/aromatic N) is 2. The third-order valence-corrected chi connectivity index (χ3v) is 3.72. The van der Waals surface area contributed by atoms with E-state index >= 15 is 0 Å². The lowest BCUT2D eigenvalue weighted by Gasteiger charge is -2.43. The minimum absolute atomic E-state index is 0.0970. The number of rotatable bonds is 5. The number of ether oxygens (including phenoxy) is 1. The SMILES string of the molecule is CCN(C(=O)N1CC(C(OC)C(=O)O)C1)c1ccccc1. The number of hydrogen-bond donors (Lipinski definition) is 1. The van der Waals surface area contributed by atoms with Gasteiger partial charge in [-0.1, -0.05) is 18.2 Å². The molecule has 1 N–H and O–H groups in total. The molecule has 1 saturated heterocycles. The Labute approximate surface area is 123 Å². The van der Waals surface area contributed by atoms with Gasteiger partial charge in [0.25, 0.3) is 0 Å². The van der Waals surface area contributed by atoms with Gasteiger partial charge in [0, 0.05) is 38.3 Å². The Kier molecular flexibility index (Phi) is 4.80. The quantitative estimate of drug-likeness (QED) is 0.896. The van der Waals surface area contributed by atoms with Crippen molar-refractivity contribution in [3.05, 3.63) is 30.3 Å². The van der Waals surface area contributed by atoms with Gasteiger partial charge in [-0.05, 0) is 19.1 Å². The molecule has 1 aromatic rings. The number of urea groups is 1. The van der Waals surface area contributed by atoms with E-state index in [0.29, 0.717) is 19.6 Å². The highest BCUT2D eigenvalue weighted by atomic mass is 16.5. The third kappa shape index (κ3) is 3.16. The van der Waals surface area contributed by atoms with E-state index < -0.39 is 12.1 Å². The van der Waals surface area contributed by atoms with Crippen LogP contribution < -0.4 is 4.90 Å². The van der Waals surface area contributed by atoms with Crippen LogP contribution in [0.15, 0.2) is 30.3 Å². The van der Waals surface area contributed by atoms with Crippen molar-refractivity contribution in [3.63, 3.8) is 0 Å². The van der Waals surface area contributed by atoms with E-state index in [0.717, 1.165) is 5.69 Å². The number of amides is 2. The second kappa shape index (κ2) is 6.58. The normalized spacial score (nSPS) is 16.2. The number of carbonyl (C=O) groups is 2. The van der Waals surface area contributed by atoms with E-state index in [1.807, 2.05) is 37.3 Å². The molecule has 114 valence electrons. The summed E-state index contributed by atoms with van der Waals surface area (Å²) in [4.78, 5) is 26.8. The first-order valence-electron chi connectivity index (χ1n) is 6.95. The standard InChI is InChI=1S/C15H20N2O4/c1-3-17(12-7-5-4-6-8-12)15(20)16-9-11(10-16)13(21-2)14(18)19/h4-8,11,13H,3,9-10H2,1-2H3,(H,18,19). The van der Waals surface area contributed by atoms with E-state index in [4.69, 9.17) is 9.84 Å². The second-order valence-electron chi connectivity index (χ2n) is 5.02. The minimum atomic E-state index is -0.981. The molecule has 0 aliphatic carbocycles. The maximum atomic E-state index is 12.4.